The van der Waals surface area contributed by atoms with E-state index in [1.165, 1.54) is 36.9 Å². The van der Waals surface area contributed by atoms with Crippen molar-refractivity contribution >= 4 is 0 Å². The Hall–Kier alpha value is -1.22. The lowest BCUT2D eigenvalue weighted by Gasteiger charge is -2.29. The van der Waals surface area contributed by atoms with Gasteiger partial charge < -0.3 is 9.47 Å². The lowest BCUT2D eigenvalue weighted by molar-refractivity contribution is 0.247. The Morgan fingerprint density at radius 1 is 1.05 bits per heavy atom. The second kappa shape index (κ2) is 6.80. The standard InChI is InChI=1S/C16H25NO2/c1-4-5-6-8-17-9-7-13-10-15(18-2)16(19-3)11-14(13)12-17/h10-11H,4-9,12H2,1-3H3. The van der Waals surface area contributed by atoms with Gasteiger partial charge in [-0.15, -0.1) is 0 Å². The van der Waals surface area contributed by atoms with Crippen LogP contribution in [0.3, 0.4) is 0 Å². The quantitative estimate of drug-likeness (QED) is 0.735. The average Bonchev–Trinajstić information content (AvgIpc) is 2.46. The number of hydrogen-bond donors (Lipinski definition) is 0. The van der Waals surface area contributed by atoms with E-state index in [1.807, 2.05) is 0 Å². The number of benzene rings is 1. The maximum Gasteiger partial charge on any atom is 0.161 e. The van der Waals surface area contributed by atoms with Crippen LogP contribution in [-0.4, -0.2) is 32.2 Å². The number of nitrogens with zero attached hydrogens (tertiary/aromatic N) is 1. The van der Waals surface area contributed by atoms with E-state index in [2.05, 4.69) is 24.0 Å². The van der Waals surface area contributed by atoms with Crippen molar-refractivity contribution in [1.82, 2.24) is 4.90 Å². The van der Waals surface area contributed by atoms with Gasteiger partial charge in [-0.1, -0.05) is 19.8 Å². The zero-order valence-electron chi connectivity index (χ0n) is 12.4. The summed E-state index contributed by atoms with van der Waals surface area (Å²) in [6, 6.07) is 4.28. The highest BCUT2D eigenvalue weighted by Gasteiger charge is 2.18. The molecule has 0 amide bonds. The first-order valence-electron chi connectivity index (χ1n) is 7.24. The summed E-state index contributed by atoms with van der Waals surface area (Å²) in [6.45, 7) is 5.66. The summed E-state index contributed by atoms with van der Waals surface area (Å²) < 4.78 is 10.8. The molecule has 1 aliphatic heterocycles. The van der Waals surface area contributed by atoms with E-state index < -0.39 is 0 Å². The monoisotopic (exact) mass is 263 g/mol. The van der Waals surface area contributed by atoms with Crippen molar-refractivity contribution in [2.75, 3.05) is 27.3 Å². The Labute approximate surface area is 116 Å². The second-order valence-corrected chi connectivity index (χ2v) is 5.21. The zero-order chi connectivity index (χ0) is 13.7. The Balaban J connectivity index is 2.07. The third-order valence-corrected chi connectivity index (χ3v) is 3.88. The minimum absolute atomic E-state index is 0.844. The molecule has 0 fully saturated rings. The molecule has 0 spiro atoms. The van der Waals surface area contributed by atoms with Gasteiger partial charge in [0.25, 0.3) is 0 Å². The Morgan fingerprint density at radius 3 is 2.37 bits per heavy atom. The third-order valence-electron chi connectivity index (χ3n) is 3.88. The van der Waals surface area contributed by atoms with Gasteiger partial charge in [0.1, 0.15) is 0 Å². The summed E-state index contributed by atoms with van der Waals surface area (Å²) in [5, 5.41) is 0. The second-order valence-electron chi connectivity index (χ2n) is 5.21. The molecule has 19 heavy (non-hydrogen) atoms. The first-order valence-corrected chi connectivity index (χ1v) is 7.24. The van der Waals surface area contributed by atoms with Crippen LogP contribution in [0.2, 0.25) is 0 Å². The molecule has 0 aliphatic carbocycles. The third kappa shape index (κ3) is 3.41. The molecule has 1 heterocycles. The van der Waals surface area contributed by atoms with Gasteiger partial charge in [0, 0.05) is 13.1 Å². The highest BCUT2D eigenvalue weighted by molar-refractivity contribution is 5.48. The summed E-state index contributed by atoms with van der Waals surface area (Å²) in [5.41, 5.74) is 2.80. The molecule has 0 unspecified atom stereocenters. The highest BCUT2D eigenvalue weighted by Crippen LogP contribution is 2.33. The number of fused-ring (bicyclic) bond motifs is 1. The van der Waals surface area contributed by atoms with E-state index in [-0.39, 0.29) is 0 Å². The van der Waals surface area contributed by atoms with Crippen LogP contribution >= 0.6 is 0 Å². The van der Waals surface area contributed by atoms with E-state index >= 15 is 0 Å². The number of unbranched alkanes of at least 4 members (excludes halogenated alkanes) is 2. The predicted molar refractivity (Wildman–Crippen MR) is 78.1 cm³/mol. The minimum Gasteiger partial charge on any atom is -0.493 e. The lowest BCUT2D eigenvalue weighted by Crippen LogP contribution is -2.31. The molecule has 0 atom stereocenters. The van der Waals surface area contributed by atoms with Crippen LogP contribution in [-0.2, 0) is 13.0 Å². The van der Waals surface area contributed by atoms with E-state index in [9.17, 15) is 0 Å². The minimum atomic E-state index is 0.844. The number of methoxy groups -OCH3 is 2. The largest absolute Gasteiger partial charge is 0.493 e. The molecular formula is C16H25NO2. The van der Waals surface area contributed by atoms with Crippen LogP contribution in [0.25, 0.3) is 0 Å². The molecule has 0 radical (unpaired) electrons. The number of ether oxygens (including phenoxy) is 2. The lowest BCUT2D eigenvalue weighted by atomic mass is 9.98. The van der Waals surface area contributed by atoms with Crippen LogP contribution in [0.15, 0.2) is 12.1 Å². The summed E-state index contributed by atoms with van der Waals surface area (Å²) in [6.07, 6.45) is 5.03. The molecule has 1 aromatic rings. The van der Waals surface area contributed by atoms with Gasteiger partial charge in [0.2, 0.25) is 0 Å². The molecule has 106 valence electrons. The van der Waals surface area contributed by atoms with Crippen LogP contribution in [0.1, 0.15) is 37.3 Å². The van der Waals surface area contributed by atoms with E-state index in [4.69, 9.17) is 9.47 Å². The molecule has 0 N–H and O–H groups in total. The first kappa shape index (κ1) is 14.2. The van der Waals surface area contributed by atoms with Gasteiger partial charge in [0.05, 0.1) is 14.2 Å². The molecule has 0 bridgehead atoms. The van der Waals surface area contributed by atoms with Gasteiger partial charge in [-0.3, -0.25) is 4.90 Å². The number of rotatable bonds is 6. The SMILES string of the molecule is CCCCCN1CCc2cc(OC)c(OC)cc2C1. The van der Waals surface area contributed by atoms with Crippen molar-refractivity contribution in [2.45, 2.75) is 39.2 Å². The van der Waals surface area contributed by atoms with Gasteiger partial charge in [-0.05, 0) is 42.6 Å². The molecule has 0 saturated heterocycles. The Bertz CT molecular complexity index is 417. The van der Waals surface area contributed by atoms with Crippen LogP contribution < -0.4 is 9.47 Å². The Kier molecular flexibility index (Phi) is 5.08. The summed E-state index contributed by atoms with van der Waals surface area (Å²) in [7, 11) is 3.40. The molecular weight excluding hydrogens is 238 g/mol. The van der Waals surface area contributed by atoms with E-state index in [1.54, 1.807) is 14.2 Å². The van der Waals surface area contributed by atoms with Crippen molar-refractivity contribution in [1.29, 1.82) is 0 Å². The first-order chi connectivity index (χ1) is 9.28. The highest BCUT2D eigenvalue weighted by atomic mass is 16.5. The predicted octanol–water partition coefficient (Wildman–Crippen LogP) is 3.25. The maximum absolute atomic E-state index is 5.39. The molecule has 2 rings (SSSR count). The molecule has 0 aromatic heterocycles. The van der Waals surface area contributed by atoms with Crippen molar-refractivity contribution in [3.05, 3.63) is 23.3 Å². The van der Waals surface area contributed by atoms with Gasteiger partial charge in [-0.25, -0.2) is 0 Å². The number of hydrogen-bond acceptors (Lipinski definition) is 3. The van der Waals surface area contributed by atoms with Gasteiger partial charge in [0.15, 0.2) is 11.5 Å². The van der Waals surface area contributed by atoms with Crippen molar-refractivity contribution < 1.29 is 9.47 Å². The van der Waals surface area contributed by atoms with Crippen molar-refractivity contribution in [3.63, 3.8) is 0 Å². The zero-order valence-corrected chi connectivity index (χ0v) is 12.4. The fourth-order valence-corrected chi connectivity index (χ4v) is 2.72. The topological polar surface area (TPSA) is 21.7 Å². The molecule has 1 aromatic carbocycles. The fourth-order valence-electron chi connectivity index (χ4n) is 2.72. The van der Waals surface area contributed by atoms with E-state index in [0.717, 1.165) is 31.0 Å². The van der Waals surface area contributed by atoms with Gasteiger partial charge in [-0.2, -0.15) is 0 Å². The summed E-state index contributed by atoms with van der Waals surface area (Å²) in [4.78, 5) is 2.55. The normalized spacial score (nSPS) is 15.1. The van der Waals surface area contributed by atoms with Crippen LogP contribution in [0.4, 0.5) is 0 Å². The van der Waals surface area contributed by atoms with Crippen molar-refractivity contribution in [2.24, 2.45) is 0 Å². The van der Waals surface area contributed by atoms with Gasteiger partial charge >= 0.3 is 0 Å². The molecule has 1 aliphatic rings. The Morgan fingerprint density at radius 2 is 1.74 bits per heavy atom. The maximum atomic E-state index is 5.39. The molecule has 3 heteroatoms. The summed E-state index contributed by atoms with van der Waals surface area (Å²) >= 11 is 0. The van der Waals surface area contributed by atoms with E-state index in [0.29, 0.717) is 0 Å². The average molecular weight is 263 g/mol. The van der Waals surface area contributed by atoms with Crippen LogP contribution in [0, 0.1) is 0 Å². The summed E-state index contributed by atoms with van der Waals surface area (Å²) in [5.74, 6) is 1.69. The molecule has 3 nitrogen and oxygen atoms in total. The van der Waals surface area contributed by atoms with Crippen LogP contribution in [0.5, 0.6) is 11.5 Å². The van der Waals surface area contributed by atoms with Crippen molar-refractivity contribution in [3.8, 4) is 11.5 Å². The fraction of sp³-hybridized carbons (Fsp3) is 0.625. The smallest absolute Gasteiger partial charge is 0.161 e. The molecule has 0 saturated carbocycles.